The first-order valence-electron chi connectivity index (χ1n) is 5.49. The smallest absolute Gasteiger partial charge is 0.118 e. The lowest BCUT2D eigenvalue weighted by Gasteiger charge is -2.19. The van der Waals surface area contributed by atoms with Gasteiger partial charge in [0, 0.05) is 19.8 Å². The molecule has 1 unspecified atom stereocenters. The number of hydrogen-bond acceptors (Lipinski definition) is 2. The van der Waals surface area contributed by atoms with Crippen LogP contribution in [-0.4, -0.2) is 20.9 Å². The van der Waals surface area contributed by atoms with Crippen molar-refractivity contribution in [3.63, 3.8) is 0 Å². The molecule has 0 aromatic heterocycles. The Morgan fingerprint density at radius 3 is 2.33 bits per heavy atom. The van der Waals surface area contributed by atoms with E-state index >= 15 is 0 Å². The van der Waals surface area contributed by atoms with Gasteiger partial charge in [0.15, 0.2) is 0 Å². The normalized spacial score (nSPS) is 12.5. The lowest BCUT2D eigenvalue weighted by molar-refractivity contribution is 0.202. The molecule has 1 aromatic carbocycles. The predicted molar refractivity (Wildman–Crippen MR) is 65.4 cm³/mol. The summed E-state index contributed by atoms with van der Waals surface area (Å²) >= 11 is 0. The van der Waals surface area contributed by atoms with E-state index in [2.05, 4.69) is 43.0 Å². The summed E-state index contributed by atoms with van der Waals surface area (Å²) in [7, 11) is 3.74. The maximum Gasteiger partial charge on any atom is 0.118 e. The molecule has 0 spiro atoms. The van der Waals surface area contributed by atoms with E-state index in [1.54, 1.807) is 7.11 Å². The molecule has 15 heavy (non-hydrogen) atoms. The van der Waals surface area contributed by atoms with Crippen LogP contribution in [0.25, 0.3) is 0 Å². The predicted octanol–water partition coefficient (Wildman–Crippen LogP) is 3.24. The Kier molecular flexibility index (Phi) is 4.63. The number of anilines is 1. The van der Waals surface area contributed by atoms with E-state index in [4.69, 9.17) is 4.74 Å². The van der Waals surface area contributed by atoms with Gasteiger partial charge in [0.05, 0.1) is 0 Å². The van der Waals surface area contributed by atoms with Crippen LogP contribution in [0.2, 0.25) is 0 Å². The fraction of sp³-hybridized carbons (Fsp3) is 0.538. The molecular formula is C13H21NO. The van der Waals surface area contributed by atoms with Crippen molar-refractivity contribution in [2.45, 2.75) is 26.2 Å². The van der Waals surface area contributed by atoms with Crippen LogP contribution in [0.3, 0.4) is 0 Å². The van der Waals surface area contributed by atoms with Crippen molar-refractivity contribution in [2.75, 3.05) is 25.8 Å². The highest BCUT2D eigenvalue weighted by Crippen LogP contribution is 2.21. The standard InChI is InChI=1S/C13H21NO/c1-5-11(2)12-6-8-13(9-7-12)14(3)10-15-4/h6-9,11H,5,10H2,1-4H3. The number of nitrogens with zero attached hydrogens (tertiary/aromatic N) is 1. The Morgan fingerprint density at radius 2 is 1.87 bits per heavy atom. The minimum atomic E-state index is 0.628. The molecule has 0 amide bonds. The van der Waals surface area contributed by atoms with Crippen LogP contribution in [0, 0.1) is 0 Å². The maximum absolute atomic E-state index is 5.08. The van der Waals surface area contributed by atoms with E-state index in [9.17, 15) is 0 Å². The summed E-state index contributed by atoms with van der Waals surface area (Å²) in [6.45, 7) is 5.10. The average molecular weight is 207 g/mol. The van der Waals surface area contributed by atoms with E-state index in [-0.39, 0.29) is 0 Å². The molecule has 1 atom stereocenters. The van der Waals surface area contributed by atoms with Gasteiger partial charge in [0.2, 0.25) is 0 Å². The minimum Gasteiger partial charge on any atom is -0.364 e. The lowest BCUT2D eigenvalue weighted by atomic mass is 9.98. The highest BCUT2D eigenvalue weighted by molar-refractivity contribution is 5.46. The van der Waals surface area contributed by atoms with Gasteiger partial charge in [0.1, 0.15) is 6.73 Å². The monoisotopic (exact) mass is 207 g/mol. The molecule has 1 aromatic rings. The molecule has 0 saturated heterocycles. The topological polar surface area (TPSA) is 12.5 Å². The fourth-order valence-corrected chi connectivity index (χ4v) is 1.56. The van der Waals surface area contributed by atoms with Gasteiger partial charge in [0.25, 0.3) is 0 Å². The van der Waals surface area contributed by atoms with Gasteiger partial charge in [-0.2, -0.15) is 0 Å². The number of benzene rings is 1. The summed E-state index contributed by atoms with van der Waals surface area (Å²) in [5, 5.41) is 0. The Hall–Kier alpha value is -1.02. The third kappa shape index (κ3) is 3.24. The Bertz CT molecular complexity index is 281. The first-order chi connectivity index (χ1) is 7.19. The Labute approximate surface area is 92.9 Å². The van der Waals surface area contributed by atoms with E-state index < -0.39 is 0 Å². The molecule has 0 fully saturated rings. The molecule has 0 bridgehead atoms. The highest BCUT2D eigenvalue weighted by atomic mass is 16.5. The lowest BCUT2D eigenvalue weighted by Crippen LogP contribution is -2.19. The molecule has 2 heteroatoms. The Morgan fingerprint density at radius 1 is 1.27 bits per heavy atom. The van der Waals surface area contributed by atoms with Crippen molar-refractivity contribution in [3.8, 4) is 0 Å². The summed E-state index contributed by atoms with van der Waals surface area (Å²) in [4.78, 5) is 2.08. The van der Waals surface area contributed by atoms with Crippen LogP contribution in [-0.2, 0) is 4.74 Å². The number of ether oxygens (including phenoxy) is 1. The second-order valence-electron chi connectivity index (χ2n) is 4.02. The first-order valence-corrected chi connectivity index (χ1v) is 5.49. The van der Waals surface area contributed by atoms with Gasteiger partial charge in [-0.3, -0.25) is 0 Å². The molecule has 2 nitrogen and oxygen atoms in total. The SMILES string of the molecule is CCC(C)c1ccc(N(C)COC)cc1. The molecule has 0 aliphatic carbocycles. The molecule has 0 N–H and O–H groups in total. The van der Waals surface area contributed by atoms with Gasteiger partial charge in [-0.25, -0.2) is 0 Å². The van der Waals surface area contributed by atoms with Crippen LogP contribution in [0.4, 0.5) is 5.69 Å². The van der Waals surface area contributed by atoms with Gasteiger partial charge >= 0.3 is 0 Å². The van der Waals surface area contributed by atoms with E-state index in [0.29, 0.717) is 12.6 Å². The van der Waals surface area contributed by atoms with Crippen LogP contribution >= 0.6 is 0 Å². The van der Waals surface area contributed by atoms with Crippen molar-refractivity contribution < 1.29 is 4.74 Å². The van der Waals surface area contributed by atoms with Crippen LogP contribution in [0.1, 0.15) is 31.7 Å². The van der Waals surface area contributed by atoms with Crippen LogP contribution < -0.4 is 4.90 Å². The summed E-state index contributed by atoms with van der Waals surface area (Å²) in [5.74, 6) is 0.645. The van der Waals surface area contributed by atoms with Crippen molar-refractivity contribution in [2.24, 2.45) is 0 Å². The highest BCUT2D eigenvalue weighted by Gasteiger charge is 2.04. The van der Waals surface area contributed by atoms with Crippen molar-refractivity contribution >= 4 is 5.69 Å². The third-order valence-corrected chi connectivity index (χ3v) is 2.84. The third-order valence-electron chi connectivity index (χ3n) is 2.84. The molecule has 84 valence electrons. The molecule has 0 aliphatic heterocycles. The molecule has 1 rings (SSSR count). The molecule has 0 aliphatic rings. The van der Waals surface area contributed by atoms with Crippen molar-refractivity contribution in [3.05, 3.63) is 29.8 Å². The van der Waals surface area contributed by atoms with Crippen LogP contribution in [0.5, 0.6) is 0 Å². The van der Waals surface area contributed by atoms with Crippen molar-refractivity contribution in [1.82, 2.24) is 0 Å². The minimum absolute atomic E-state index is 0.628. The van der Waals surface area contributed by atoms with Gasteiger partial charge in [-0.05, 0) is 30.0 Å². The number of hydrogen-bond donors (Lipinski definition) is 0. The molecule has 0 radical (unpaired) electrons. The van der Waals surface area contributed by atoms with E-state index in [1.807, 2.05) is 7.05 Å². The second-order valence-corrected chi connectivity index (χ2v) is 4.02. The molecule has 0 saturated carbocycles. The van der Waals surface area contributed by atoms with E-state index in [1.165, 1.54) is 17.7 Å². The average Bonchev–Trinajstić information content (AvgIpc) is 2.28. The zero-order valence-corrected chi connectivity index (χ0v) is 10.2. The van der Waals surface area contributed by atoms with Gasteiger partial charge in [-0.1, -0.05) is 26.0 Å². The quantitative estimate of drug-likeness (QED) is 0.687. The summed E-state index contributed by atoms with van der Waals surface area (Å²) < 4.78 is 5.08. The summed E-state index contributed by atoms with van der Waals surface area (Å²) in [6, 6.07) is 8.71. The van der Waals surface area contributed by atoms with Gasteiger partial charge in [-0.15, -0.1) is 0 Å². The number of methoxy groups -OCH3 is 1. The van der Waals surface area contributed by atoms with E-state index in [0.717, 1.165) is 0 Å². The summed E-state index contributed by atoms with van der Waals surface area (Å²) in [6.07, 6.45) is 1.19. The molecule has 0 heterocycles. The Balaban J connectivity index is 2.71. The van der Waals surface area contributed by atoms with Crippen molar-refractivity contribution in [1.29, 1.82) is 0 Å². The van der Waals surface area contributed by atoms with Crippen LogP contribution in [0.15, 0.2) is 24.3 Å². The fourth-order valence-electron chi connectivity index (χ4n) is 1.56. The van der Waals surface area contributed by atoms with Gasteiger partial charge < -0.3 is 9.64 Å². The zero-order chi connectivity index (χ0) is 11.3. The maximum atomic E-state index is 5.08. The zero-order valence-electron chi connectivity index (χ0n) is 10.2. The first kappa shape index (κ1) is 12.1. The number of rotatable bonds is 5. The second kappa shape index (κ2) is 5.76. The summed E-state index contributed by atoms with van der Waals surface area (Å²) in [5.41, 5.74) is 2.61. The molecular weight excluding hydrogens is 186 g/mol. The largest absolute Gasteiger partial charge is 0.364 e.